The van der Waals surface area contributed by atoms with Gasteiger partial charge in [0.1, 0.15) is 11.3 Å². The normalized spacial score (nSPS) is 17.4. The maximum Gasteiger partial charge on any atom is 0.341 e. The second-order valence-electron chi connectivity index (χ2n) is 7.92. The Morgan fingerprint density at radius 3 is 2.64 bits per heavy atom. The molecule has 1 atom stereocenters. The van der Waals surface area contributed by atoms with Crippen LogP contribution in [0.1, 0.15) is 54.2 Å². The summed E-state index contributed by atoms with van der Waals surface area (Å²) in [7, 11) is 1.62. The minimum absolute atomic E-state index is 0.0684. The zero-order valence-corrected chi connectivity index (χ0v) is 16.3. The largest absolute Gasteiger partial charge is 0.495 e. The van der Waals surface area contributed by atoms with Crippen molar-refractivity contribution < 1.29 is 14.6 Å². The highest BCUT2D eigenvalue weighted by Crippen LogP contribution is 2.40. The standard InChI is InChI=1S/C23H23NO4/c1-13(2)19-9-16-8-15(7-6-14-4-5-14)22(28-3)10-17(16)20-11-21(25)18(23(26)27)12-24(19)20/h8,10-14,19H,4-5,9H2,1-3H3,(H,26,27)/t19-/m0/s1. The smallest absolute Gasteiger partial charge is 0.341 e. The summed E-state index contributed by atoms with van der Waals surface area (Å²) in [5, 5.41) is 9.37. The van der Waals surface area contributed by atoms with Gasteiger partial charge in [-0.2, -0.15) is 0 Å². The van der Waals surface area contributed by atoms with Gasteiger partial charge in [0.15, 0.2) is 5.43 Å². The number of ether oxygens (including phenoxy) is 1. The predicted octanol–water partition coefficient (Wildman–Crippen LogP) is 3.74. The number of hydrogen-bond acceptors (Lipinski definition) is 3. The van der Waals surface area contributed by atoms with E-state index in [4.69, 9.17) is 4.74 Å². The molecule has 0 unspecified atom stereocenters. The highest BCUT2D eigenvalue weighted by atomic mass is 16.5. The van der Waals surface area contributed by atoms with Crippen LogP contribution in [0, 0.1) is 23.7 Å². The number of rotatable bonds is 3. The molecule has 4 rings (SSSR count). The van der Waals surface area contributed by atoms with Crippen molar-refractivity contribution in [2.75, 3.05) is 7.11 Å². The predicted molar refractivity (Wildman–Crippen MR) is 107 cm³/mol. The van der Waals surface area contributed by atoms with Gasteiger partial charge < -0.3 is 14.4 Å². The minimum Gasteiger partial charge on any atom is -0.495 e. The van der Waals surface area contributed by atoms with Gasteiger partial charge in [0.05, 0.1) is 18.4 Å². The molecule has 1 aliphatic heterocycles. The molecule has 1 aromatic heterocycles. The van der Waals surface area contributed by atoms with E-state index in [-0.39, 0.29) is 17.5 Å². The Balaban J connectivity index is 1.92. The Bertz CT molecular complexity index is 1080. The lowest BCUT2D eigenvalue weighted by atomic mass is 9.86. The van der Waals surface area contributed by atoms with Gasteiger partial charge in [-0.15, -0.1) is 0 Å². The summed E-state index contributed by atoms with van der Waals surface area (Å²) in [5.74, 6) is 6.80. The second kappa shape index (κ2) is 6.87. The van der Waals surface area contributed by atoms with Crippen LogP contribution in [0.2, 0.25) is 0 Å². The van der Waals surface area contributed by atoms with Crippen molar-refractivity contribution in [1.29, 1.82) is 0 Å². The molecule has 1 aromatic carbocycles. The first-order valence-electron chi connectivity index (χ1n) is 9.61. The highest BCUT2D eigenvalue weighted by Gasteiger charge is 2.29. The van der Waals surface area contributed by atoms with Crippen molar-refractivity contribution in [1.82, 2.24) is 4.57 Å². The molecule has 28 heavy (non-hydrogen) atoms. The molecule has 2 aliphatic rings. The van der Waals surface area contributed by atoms with Crippen LogP contribution in [0.4, 0.5) is 0 Å². The first kappa shape index (κ1) is 18.4. The van der Waals surface area contributed by atoms with Gasteiger partial charge in [-0.3, -0.25) is 4.79 Å². The van der Waals surface area contributed by atoms with Gasteiger partial charge in [0.2, 0.25) is 0 Å². The van der Waals surface area contributed by atoms with Gasteiger partial charge in [0, 0.05) is 29.8 Å². The van der Waals surface area contributed by atoms with Crippen molar-refractivity contribution in [3.05, 3.63) is 51.3 Å². The Hall–Kier alpha value is -3.00. The quantitative estimate of drug-likeness (QED) is 0.828. The van der Waals surface area contributed by atoms with Crippen LogP contribution in [0.5, 0.6) is 5.75 Å². The van der Waals surface area contributed by atoms with Gasteiger partial charge in [-0.25, -0.2) is 4.79 Å². The summed E-state index contributed by atoms with van der Waals surface area (Å²) in [5.41, 5.74) is 2.94. The topological polar surface area (TPSA) is 68.5 Å². The van der Waals surface area contributed by atoms with E-state index in [1.54, 1.807) is 7.11 Å². The van der Waals surface area contributed by atoms with Crippen LogP contribution >= 0.6 is 0 Å². The molecule has 5 nitrogen and oxygen atoms in total. The van der Waals surface area contributed by atoms with Gasteiger partial charge >= 0.3 is 5.97 Å². The van der Waals surface area contributed by atoms with Crippen LogP contribution in [0.25, 0.3) is 11.3 Å². The number of carbonyl (C=O) groups is 1. The van der Waals surface area contributed by atoms with E-state index in [1.165, 1.54) is 12.3 Å². The monoisotopic (exact) mass is 377 g/mol. The number of nitrogens with zero attached hydrogens (tertiary/aromatic N) is 1. The highest BCUT2D eigenvalue weighted by molar-refractivity contribution is 5.88. The Morgan fingerprint density at radius 2 is 2.04 bits per heavy atom. The summed E-state index contributed by atoms with van der Waals surface area (Å²) in [6, 6.07) is 5.50. The third-order valence-corrected chi connectivity index (χ3v) is 5.56. The molecule has 5 heteroatoms. The fourth-order valence-corrected chi connectivity index (χ4v) is 3.79. The molecule has 1 fully saturated rings. The Kier molecular flexibility index (Phi) is 4.50. The summed E-state index contributed by atoms with van der Waals surface area (Å²) in [6.45, 7) is 4.21. The van der Waals surface area contributed by atoms with Crippen LogP contribution in [0.3, 0.4) is 0 Å². The SMILES string of the molecule is COc1cc2c(cc1C#CC1CC1)C[C@@H](C(C)C)n1cc(C(=O)O)c(=O)cc1-2. The summed E-state index contributed by atoms with van der Waals surface area (Å²) < 4.78 is 7.50. The molecule has 1 saturated carbocycles. The fraction of sp³-hybridized carbons (Fsp3) is 0.391. The van der Waals surface area contributed by atoms with Crippen molar-refractivity contribution in [3.8, 4) is 28.8 Å². The number of carboxylic acids is 1. The maximum atomic E-state index is 12.4. The van der Waals surface area contributed by atoms with Crippen LogP contribution in [0.15, 0.2) is 29.2 Å². The first-order valence-corrected chi connectivity index (χ1v) is 9.61. The number of benzene rings is 1. The van der Waals surface area contributed by atoms with E-state index in [1.807, 2.05) is 10.6 Å². The number of methoxy groups -OCH3 is 1. The molecule has 0 spiro atoms. The second-order valence-corrected chi connectivity index (χ2v) is 7.92. The lowest BCUT2D eigenvalue weighted by molar-refractivity contribution is 0.0694. The molecule has 144 valence electrons. The number of aromatic nitrogens is 1. The average Bonchev–Trinajstić information content (AvgIpc) is 3.48. The molecule has 1 N–H and O–H groups in total. The molecule has 0 bridgehead atoms. The van der Waals surface area contributed by atoms with E-state index in [2.05, 4.69) is 31.8 Å². The molecule has 2 heterocycles. The zero-order chi connectivity index (χ0) is 20.0. The number of pyridine rings is 1. The molecule has 0 saturated heterocycles. The molecular formula is C23H23NO4. The number of hydrogen-bond donors (Lipinski definition) is 1. The maximum absolute atomic E-state index is 12.4. The van der Waals surface area contributed by atoms with E-state index in [9.17, 15) is 14.7 Å². The van der Waals surface area contributed by atoms with Crippen molar-refractivity contribution in [2.45, 2.75) is 39.2 Å². The summed E-state index contributed by atoms with van der Waals surface area (Å²) >= 11 is 0. The van der Waals surface area contributed by atoms with Crippen molar-refractivity contribution in [3.63, 3.8) is 0 Å². The van der Waals surface area contributed by atoms with Gasteiger partial charge in [-0.1, -0.05) is 25.7 Å². The van der Waals surface area contributed by atoms with E-state index in [0.717, 1.165) is 41.6 Å². The van der Waals surface area contributed by atoms with Gasteiger partial charge in [0.25, 0.3) is 0 Å². The van der Waals surface area contributed by atoms with Crippen LogP contribution in [-0.2, 0) is 6.42 Å². The molecule has 0 radical (unpaired) electrons. The lowest BCUT2D eigenvalue weighted by Crippen LogP contribution is -2.28. The van der Waals surface area contributed by atoms with Gasteiger partial charge in [-0.05, 0) is 42.9 Å². The van der Waals surface area contributed by atoms with Crippen LogP contribution in [-0.4, -0.2) is 22.8 Å². The lowest BCUT2D eigenvalue weighted by Gasteiger charge is -2.33. The Labute approximate surface area is 164 Å². The fourth-order valence-electron chi connectivity index (χ4n) is 3.79. The van der Waals surface area contributed by atoms with E-state index in [0.29, 0.717) is 11.7 Å². The van der Waals surface area contributed by atoms with E-state index >= 15 is 0 Å². The molecule has 0 amide bonds. The first-order chi connectivity index (χ1) is 13.4. The van der Waals surface area contributed by atoms with Crippen molar-refractivity contribution >= 4 is 5.97 Å². The van der Waals surface area contributed by atoms with Crippen molar-refractivity contribution in [2.24, 2.45) is 11.8 Å². The number of fused-ring (bicyclic) bond motifs is 3. The average molecular weight is 377 g/mol. The minimum atomic E-state index is -1.20. The number of carboxylic acid groups (broad SMARTS) is 1. The molecule has 2 aromatic rings. The summed E-state index contributed by atoms with van der Waals surface area (Å²) in [4.78, 5) is 23.8. The number of aromatic carboxylic acids is 1. The molecule has 1 aliphatic carbocycles. The Morgan fingerprint density at radius 1 is 1.29 bits per heavy atom. The summed E-state index contributed by atoms with van der Waals surface area (Å²) in [6.07, 6.45) is 4.57. The van der Waals surface area contributed by atoms with E-state index < -0.39 is 11.4 Å². The molecular weight excluding hydrogens is 354 g/mol. The third kappa shape index (κ3) is 3.20. The van der Waals surface area contributed by atoms with Crippen LogP contribution < -0.4 is 10.2 Å². The zero-order valence-electron chi connectivity index (χ0n) is 16.3. The third-order valence-electron chi connectivity index (χ3n) is 5.56.